The van der Waals surface area contributed by atoms with E-state index in [2.05, 4.69) is 31.5 Å². The van der Waals surface area contributed by atoms with Gasteiger partial charge in [-0.3, -0.25) is 0 Å². The molecule has 0 radical (unpaired) electrons. The minimum Gasteiger partial charge on any atom is -0.182 e. The molecule has 0 aromatic carbocycles. The first-order valence-electron chi connectivity index (χ1n) is 2.32. The molecule has 0 saturated carbocycles. The Labute approximate surface area is 50.1 Å². The number of hydrogen-bond donors (Lipinski definition) is 0. The first kappa shape index (κ1) is 4.29. The van der Waals surface area contributed by atoms with Crippen LogP contribution in [0.3, 0.4) is 0 Å². The Balaban J connectivity index is 2.72. The van der Waals surface area contributed by atoms with Gasteiger partial charge >= 0.3 is 0 Å². The van der Waals surface area contributed by atoms with Crippen molar-refractivity contribution in [3.05, 3.63) is 5.69 Å². The van der Waals surface area contributed by atoms with Crippen LogP contribution in [0.1, 0.15) is 5.69 Å². The Hall–Kier alpha value is -1.61. The molecule has 2 rings (SSSR count). The van der Waals surface area contributed by atoms with E-state index in [0.717, 1.165) is 0 Å². The molecule has 5 nitrogen and oxygen atoms in total. The second-order valence-corrected chi connectivity index (χ2v) is 1.47. The highest BCUT2D eigenvalue weighted by molar-refractivity contribution is 5.86. The van der Waals surface area contributed by atoms with E-state index < -0.39 is 0 Å². The topological polar surface area (TPSA) is 63.9 Å². The Bertz CT molecular complexity index is 271. The van der Waals surface area contributed by atoms with E-state index in [9.17, 15) is 0 Å². The van der Waals surface area contributed by atoms with Crippen LogP contribution in [0, 0.1) is 0 Å². The number of aliphatic imine (C=N–C) groups is 1. The van der Waals surface area contributed by atoms with Gasteiger partial charge in [0.15, 0.2) is 0 Å². The normalized spacial score (nSPS) is 12.0. The molecule has 1 aliphatic rings. The van der Waals surface area contributed by atoms with E-state index >= 15 is 0 Å². The van der Waals surface area contributed by atoms with Crippen molar-refractivity contribution in [3.63, 3.8) is 0 Å². The van der Waals surface area contributed by atoms with Gasteiger partial charge in [0, 0.05) is 6.08 Å². The zero-order valence-corrected chi connectivity index (χ0v) is 4.31. The fourth-order valence-electron chi connectivity index (χ4n) is 0.554. The molecule has 42 valence electrons. The lowest BCUT2D eigenvalue weighted by molar-refractivity contribution is 0.760. The lowest BCUT2D eigenvalue weighted by atomic mass is 10.5. The summed E-state index contributed by atoms with van der Waals surface area (Å²) in [6.45, 7) is 0. The summed E-state index contributed by atoms with van der Waals surface area (Å²) < 4.78 is 0. The molecule has 2 heterocycles. The molecule has 0 bridgehead atoms. The van der Waals surface area contributed by atoms with Gasteiger partial charge in [-0.05, 0) is 16.3 Å². The fourth-order valence-corrected chi connectivity index (χ4v) is 0.554. The minimum absolute atomic E-state index is 0.491. The van der Waals surface area contributed by atoms with Crippen molar-refractivity contribution >= 4 is 17.8 Å². The summed E-state index contributed by atoms with van der Waals surface area (Å²) in [5, 5.41) is 13.8. The molecule has 0 unspecified atom stereocenters. The van der Waals surface area contributed by atoms with E-state index in [-0.39, 0.29) is 0 Å². The Morgan fingerprint density at radius 1 is 1.22 bits per heavy atom. The van der Waals surface area contributed by atoms with Crippen LogP contribution < -0.4 is 0 Å². The number of nitrogens with zero attached hydrogens (tertiary/aromatic N) is 5. The van der Waals surface area contributed by atoms with Crippen LogP contribution >= 0.6 is 0 Å². The van der Waals surface area contributed by atoms with E-state index in [1.807, 2.05) is 0 Å². The van der Waals surface area contributed by atoms with Crippen molar-refractivity contribution in [2.75, 3.05) is 0 Å². The molecule has 0 atom stereocenters. The molecular weight excluding hydrogens is 118 g/mol. The highest BCUT2D eigenvalue weighted by Crippen LogP contribution is 2.13. The second-order valence-electron chi connectivity index (χ2n) is 1.47. The third-order valence-electron chi connectivity index (χ3n) is 0.933. The molecule has 1 aromatic rings. The van der Waals surface area contributed by atoms with Crippen LogP contribution in [-0.4, -0.2) is 26.5 Å². The minimum atomic E-state index is 0.491. The van der Waals surface area contributed by atoms with Crippen LogP contribution in [0.25, 0.3) is 6.08 Å². The van der Waals surface area contributed by atoms with E-state index in [0.29, 0.717) is 11.5 Å². The smallest absolute Gasteiger partial charge is 0.182 e. The first-order chi connectivity index (χ1) is 4.47. The van der Waals surface area contributed by atoms with Crippen molar-refractivity contribution in [3.8, 4) is 0 Å². The number of aromatic nitrogens is 4. The van der Waals surface area contributed by atoms with Gasteiger partial charge in [-0.2, -0.15) is 4.99 Å². The molecular formula is C4HN5. The van der Waals surface area contributed by atoms with E-state index in [1.165, 1.54) is 0 Å². The van der Waals surface area contributed by atoms with Gasteiger partial charge in [-0.25, -0.2) is 0 Å². The predicted octanol–water partition coefficient (Wildman–Crippen LogP) is -0.405. The molecule has 1 aromatic heterocycles. The standard InChI is InChI=1S/C4HN5/c1-2-5-4-3(1)6-8-9-7-4/h1H. The van der Waals surface area contributed by atoms with Crippen molar-refractivity contribution in [2.45, 2.75) is 0 Å². The third-order valence-corrected chi connectivity index (χ3v) is 0.933. The Morgan fingerprint density at radius 2 is 2.11 bits per heavy atom. The molecule has 0 spiro atoms. The average molecular weight is 119 g/mol. The average Bonchev–Trinajstić information content (AvgIpc) is 2.33. The molecule has 0 aliphatic carbocycles. The van der Waals surface area contributed by atoms with Crippen molar-refractivity contribution < 1.29 is 0 Å². The second kappa shape index (κ2) is 1.43. The fraction of sp³-hybridized carbons (Fsp3) is 0. The molecule has 9 heavy (non-hydrogen) atoms. The van der Waals surface area contributed by atoms with Crippen LogP contribution in [0.15, 0.2) is 4.99 Å². The van der Waals surface area contributed by atoms with Gasteiger partial charge in [-0.15, -0.1) is 10.2 Å². The Kier molecular flexibility index (Phi) is 0.682. The predicted molar refractivity (Wildman–Crippen MR) is 29.2 cm³/mol. The highest BCUT2D eigenvalue weighted by atomic mass is 15.4. The molecule has 0 fully saturated rings. The van der Waals surface area contributed by atoms with Gasteiger partial charge < -0.3 is 0 Å². The number of hydrogen-bond acceptors (Lipinski definition) is 5. The van der Waals surface area contributed by atoms with Crippen LogP contribution in [0.4, 0.5) is 5.82 Å². The maximum Gasteiger partial charge on any atom is 0.213 e. The van der Waals surface area contributed by atoms with Crippen LogP contribution in [-0.2, 0) is 0 Å². The summed E-state index contributed by atoms with van der Waals surface area (Å²) in [7, 11) is 0. The molecule has 0 N–H and O–H groups in total. The first-order valence-corrected chi connectivity index (χ1v) is 2.32. The molecule has 0 saturated heterocycles. The van der Waals surface area contributed by atoms with Crippen LogP contribution in [0.5, 0.6) is 0 Å². The third kappa shape index (κ3) is 0.520. The Morgan fingerprint density at radius 3 is 3.00 bits per heavy atom. The monoisotopic (exact) mass is 119 g/mol. The van der Waals surface area contributed by atoms with Crippen molar-refractivity contribution in [1.82, 2.24) is 20.6 Å². The summed E-state index contributed by atoms with van der Waals surface area (Å²) >= 11 is 0. The lowest BCUT2D eigenvalue weighted by Gasteiger charge is -1.84. The van der Waals surface area contributed by atoms with Crippen LogP contribution in [0.2, 0.25) is 0 Å². The summed E-state index contributed by atoms with van der Waals surface area (Å²) in [4.78, 5) is 3.72. The SMILES string of the molecule is C1=Cc2nnnnc2N=1. The largest absolute Gasteiger partial charge is 0.213 e. The summed E-state index contributed by atoms with van der Waals surface area (Å²) in [5.41, 5.74) is 0.630. The van der Waals surface area contributed by atoms with Crippen molar-refractivity contribution in [1.29, 1.82) is 0 Å². The summed E-state index contributed by atoms with van der Waals surface area (Å²) in [6, 6.07) is 0. The maximum absolute atomic E-state index is 3.72. The summed E-state index contributed by atoms with van der Waals surface area (Å²) in [6.07, 6.45) is 1.61. The zero-order valence-electron chi connectivity index (χ0n) is 4.31. The summed E-state index contributed by atoms with van der Waals surface area (Å²) in [5.74, 6) is 3.07. The van der Waals surface area contributed by atoms with Crippen molar-refractivity contribution in [2.24, 2.45) is 4.99 Å². The lowest BCUT2D eigenvalue weighted by Crippen LogP contribution is -1.91. The van der Waals surface area contributed by atoms with E-state index in [1.54, 1.807) is 6.08 Å². The van der Waals surface area contributed by atoms with Gasteiger partial charge in [0.25, 0.3) is 0 Å². The highest BCUT2D eigenvalue weighted by Gasteiger charge is 2.04. The number of fused-ring (bicyclic) bond motifs is 1. The van der Waals surface area contributed by atoms with E-state index in [4.69, 9.17) is 0 Å². The van der Waals surface area contributed by atoms with Gasteiger partial charge in [0.05, 0.1) is 0 Å². The molecule has 0 amide bonds. The zero-order chi connectivity index (χ0) is 6.10. The van der Waals surface area contributed by atoms with Gasteiger partial charge in [0.1, 0.15) is 5.69 Å². The maximum atomic E-state index is 3.72. The molecule has 1 aliphatic heterocycles. The van der Waals surface area contributed by atoms with Gasteiger partial charge in [-0.1, -0.05) is 0 Å². The van der Waals surface area contributed by atoms with Gasteiger partial charge in [0.2, 0.25) is 5.82 Å². The quantitative estimate of drug-likeness (QED) is 0.473. The number of rotatable bonds is 0. The molecule has 5 heteroatoms.